The molecule has 3 aliphatic rings. The van der Waals surface area contributed by atoms with Gasteiger partial charge in [0.25, 0.3) is 5.24 Å². The van der Waals surface area contributed by atoms with Crippen LogP contribution in [0.15, 0.2) is 0 Å². The fourth-order valence-corrected chi connectivity index (χ4v) is 4.85. The van der Waals surface area contributed by atoms with Crippen LogP contribution in [0.1, 0.15) is 38.5 Å². The smallest absolute Gasteiger partial charge is 0.286 e. The molecule has 2 atom stereocenters. The van der Waals surface area contributed by atoms with Crippen LogP contribution in [0.4, 0.5) is 4.79 Å². The standard InChI is InChI=1S/C17H30N4O3S/c1-21(15-6-7-18-11-19-15)8-9-24-13-4-2-12(3-5-13)10-14-16(22)20-17(23)25-14/h12-15,18-19H,2-11H2,1H3,(H,20,22,23). The van der Waals surface area contributed by atoms with Gasteiger partial charge in [0.2, 0.25) is 5.91 Å². The van der Waals surface area contributed by atoms with Crippen LogP contribution in [-0.2, 0) is 9.53 Å². The SMILES string of the molecule is CN(CCOC1CCC(CC2SC(=O)NC2=O)CC1)C1CCNCN1. The van der Waals surface area contributed by atoms with Crippen molar-refractivity contribution in [2.45, 2.75) is 56.0 Å². The molecule has 0 spiro atoms. The van der Waals surface area contributed by atoms with Gasteiger partial charge in [-0.25, -0.2) is 0 Å². The van der Waals surface area contributed by atoms with Gasteiger partial charge in [-0.2, -0.15) is 0 Å². The first-order valence-electron chi connectivity index (χ1n) is 9.39. The predicted molar refractivity (Wildman–Crippen MR) is 98.3 cm³/mol. The van der Waals surface area contributed by atoms with Crippen LogP contribution in [0.3, 0.4) is 0 Å². The van der Waals surface area contributed by atoms with Gasteiger partial charge in [-0.15, -0.1) is 0 Å². The minimum absolute atomic E-state index is 0.108. The summed E-state index contributed by atoms with van der Waals surface area (Å²) in [6.45, 7) is 3.66. The zero-order valence-corrected chi connectivity index (χ0v) is 15.8. The van der Waals surface area contributed by atoms with E-state index < -0.39 is 0 Å². The third kappa shape index (κ3) is 5.65. The molecule has 2 unspecified atom stereocenters. The number of rotatable bonds is 7. The number of hydrogen-bond acceptors (Lipinski definition) is 7. The molecule has 2 heterocycles. The van der Waals surface area contributed by atoms with Gasteiger partial charge in [-0.3, -0.25) is 25.1 Å². The molecule has 25 heavy (non-hydrogen) atoms. The molecule has 1 aliphatic carbocycles. The minimum Gasteiger partial charge on any atom is -0.377 e. The highest BCUT2D eigenvalue weighted by Gasteiger charge is 2.34. The van der Waals surface area contributed by atoms with Crippen LogP contribution in [0.2, 0.25) is 0 Å². The van der Waals surface area contributed by atoms with E-state index in [1.54, 1.807) is 0 Å². The van der Waals surface area contributed by atoms with Gasteiger partial charge in [-0.1, -0.05) is 11.8 Å². The van der Waals surface area contributed by atoms with Crippen LogP contribution in [-0.4, -0.2) is 67.0 Å². The molecule has 0 bridgehead atoms. The summed E-state index contributed by atoms with van der Waals surface area (Å²) in [4.78, 5) is 25.2. The van der Waals surface area contributed by atoms with Crippen molar-refractivity contribution in [3.8, 4) is 0 Å². The van der Waals surface area contributed by atoms with Crippen LogP contribution in [0, 0.1) is 5.92 Å². The number of thioether (sulfide) groups is 1. The molecule has 1 saturated carbocycles. The highest BCUT2D eigenvalue weighted by Crippen LogP contribution is 2.34. The summed E-state index contributed by atoms with van der Waals surface area (Å²) >= 11 is 1.15. The summed E-state index contributed by atoms with van der Waals surface area (Å²) in [6.07, 6.45) is 7.04. The molecule has 3 fully saturated rings. The van der Waals surface area contributed by atoms with Gasteiger partial charge in [-0.05, 0) is 58.0 Å². The van der Waals surface area contributed by atoms with Gasteiger partial charge in [0, 0.05) is 13.2 Å². The van der Waals surface area contributed by atoms with Crippen LogP contribution in [0.25, 0.3) is 0 Å². The van der Waals surface area contributed by atoms with Gasteiger partial charge < -0.3 is 10.1 Å². The monoisotopic (exact) mass is 370 g/mol. The maximum atomic E-state index is 11.7. The summed E-state index contributed by atoms with van der Waals surface area (Å²) in [6, 6.07) is 0. The van der Waals surface area contributed by atoms with E-state index in [1.807, 2.05) is 0 Å². The molecule has 0 aromatic rings. The number of amides is 2. The van der Waals surface area contributed by atoms with Crippen molar-refractivity contribution in [1.29, 1.82) is 0 Å². The lowest BCUT2D eigenvalue weighted by atomic mass is 9.84. The molecule has 3 rings (SSSR count). The molecule has 0 radical (unpaired) electrons. The predicted octanol–water partition coefficient (Wildman–Crippen LogP) is 1.10. The lowest BCUT2D eigenvalue weighted by molar-refractivity contribution is -0.119. The Morgan fingerprint density at radius 3 is 2.64 bits per heavy atom. The summed E-state index contributed by atoms with van der Waals surface area (Å²) in [7, 11) is 2.15. The molecular weight excluding hydrogens is 340 g/mol. The molecular formula is C17H30N4O3S. The van der Waals surface area contributed by atoms with Crippen LogP contribution >= 0.6 is 11.8 Å². The first-order valence-corrected chi connectivity index (χ1v) is 10.3. The molecule has 7 nitrogen and oxygen atoms in total. The first kappa shape index (κ1) is 19.1. The van der Waals surface area contributed by atoms with Crippen molar-refractivity contribution < 1.29 is 14.3 Å². The number of nitrogens with one attached hydrogen (secondary N) is 3. The quantitative estimate of drug-likeness (QED) is 0.619. The van der Waals surface area contributed by atoms with Crippen LogP contribution < -0.4 is 16.0 Å². The zero-order valence-electron chi connectivity index (χ0n) is 15.0. The Labute approximate surface area is 154 Å². The van der Waals surface area contributed by atoms with E-state index in [9.17, 15) is 9.59 Å². The highest BCUT2D eigenvalue weighted by molar-refractivity contribution is 8.15. The number of ether oxygens (including phenoxy) is 1. The maximum absolute atomic E-state index is 11.7. The van der Waals surface area contributed by atoms with E-state index in [4.69, 9.17) is 4.74 Å². The summed E-state index contributed by atoms with van der Waals surface area (Å²) in [5.74, 6) is 0.429. The van der Waals surface area contributed by atoms with E-state index in [2.05, 4.69) is 27.9 Å². The van der Waals surface area contributed by atoms with E-state index in [0.717, 1.165) is 76.7 Å². The van der Waals surface area contributed by atoms with Crippen molar-refractivity contribution >= 4 is 22.9 Å². The van der Waals surface area contributed by atoms with Gasteiger partial charge in [0.15, 0.2) is 0 Å². The molecule has 0 aromatic heterocycles. The molecule has 3 N–H and O–H groups in total. The summed E-state index contributed by atoms with van der Waals surface area (Å²) in [5, 5.41) is 8.76. The Bertz CT molecular complexity index is 465. The number of nitrogens with zero attached hydrogens (tertiary/aromatic N) is 1. The second-order valence-electron chi connectivity index (χ2n) is 7.30. The fourth-order valence-electron chi connectivity index (χ4n) is 3.90. The number of carbonyl (C=O) groups is 2. The van der Waals surface area contributed by atoms with Crippen LogP contribution in [0.5, 0.6) is 0 Å². The van der Waals surface area contributed by atoms with Gasteiger partial charge >= 0.3 is 0 Å². The number of imide groups is 1. The lowest BCUT2D eigenvalue weighted by Crippen LogP contribution is -2.53. The molecule has 2 aliphatic heterocycles. The molecule has 2 saturated heterocycles. The highest BCUT2D eigenvalue weighted by atomic mass is 32.2. The largest absolute Gasteiger partial charge is 0.377 e. The third-order valence-electron chi connectivity index (χ3n) is 5.50. The molecule has 0 aromatic carbocycles. The van der Waals surface area contributed by atoms with Crippen molar-refractivity contribution in [3.05, 3.63) is 0 Å². The van der Waals surface area contributed by atoms with E-state index in [0.29, 0.717) is 18.2 Å². The van der Waals surface area contributed by atoms with Crippen molar-refractivity contribution in [3.63, 3.8) is 0 Å². The second-order valence-corrected chi connectivity index (χ2v) is 8.47. The second kappa shape index (κ2) is 9.32. The Morgan fingerprint density at radius 2 is 2.00 bits per heavy atom. The number of likely N-dealkylation sites (N-methyl/N-ethyl adjacent to an activating group) is 1. The maximum Gasteiger partial charge on any atom is 0.286 e. The number of hydrogen-bond donors (Lipinski definition) is 3. The lowest BCUT2D eigenvalue weighted by Gasteiger charge is -2.33. The number of carbonyl (C=O) groups excluding carboxylic acids is 2. The third-order valence-corrected chi connectivity index (χ3v) is 6.50. The Balaban J connectivity index is 1.29. The average molecular weight is 371 g/mol. The van der Waals surface area contributed by atoms with E-state index in [1.165, 1.54) is 0 Å². The fraction of sp³-hybridized carbons (Fsp3) is 0.882. The topological polar surface area (TPSA) is 82.7 Å². The normalized spacial score (nSPS) is 33.7. The average Bonchev–Trinajstić information content (AvgIpc) is 2.94. The first-order chi connectivity index (χ1) is 12.1. The van der Waals surface area contributed by atoms with Gasteiger partial charge in [0.05, 0.1) is 24.1 Å². The summed E-state index contributed by atoms with van der Waals surface area (Å²) in [5.41, 5.74) is 0. The van der Waals surface area contributed by atoms with Crippen molar-refractivity contribution in [2.75, 3.05) is 33.4 Å². The Kier molecular flexibility index (Phi) is 7.12. The van der Waals surface area contributed by atoms with Gasteiger partial charge in [0.1, 0.15) is 0 Å². The van der Waals surface area contributed by atoms with Crippen molar-refractivity contribution in [2.24, 2.45) is 5.92 Å². The molecule has 142 valence electrons. The Hall–Kier alpha value is -0.670. The molecule has 2 amide bonds. The zero-order chi connectivity index (χ0) is 17.6. The van der Waals surface area contributed by atoms with E-state index >= 15 is 0 Å². The Morgan fingerprint density at radius 1 is 1.20 bits per heavy atom. The summed E-state index contributed by atoms with van der Waals surface area (Å²) < 4.78 is 6.08. The molecule has 8 heteroatoms. The minimum atomic E-state index is -0.195. The van der Waals surface area contributed by atoms with Crippen molar-refractivity contribution in [1.82, 2.24) is 20.9 Å². The van der Waals surface area contributed by atoms with E-state index in [-0.39, 0.29) is 16.4 Å².